The van der Waals surface area contributed by atoms with E-state index in [0.29, 0.717) is 56.2 Å². The minimum atomic E-state index is -0.864. The third-order valence-corrected chi connectivity index (χ3v) is 8.13. The molecule has 220 valence electrons. The normalized spacial score (nSPS) is 22.0. The third-order valence-electron chi connectivity index (χ3n) is 8.13. The highest BCUT2D eigenvalue weighted by molar-refractivity contribution is 6.00. The van der Waals surface area contributed by atoms with Gasteiger partial charge in [-0.2, -0.15) is 4.98 Å². The first kappa shape index (κ1) is 27.5. The number of ether oxygens (including phenoxy) is 2. The number of nitrogens with one attached hydrogen (secondary N) is 1. The van der Waals surface area contributed by atoms with E-state index in [1.165, 1.54) is 14.0 Å². The molecule has 3 saturated heterocycles. The molecule has 42 heavy (non-hydrogen) atoms. The van der Waals surface area contributed by atoms with Crippen molar-refractivity contribution in [3.63, 3.8) is 0 Å². The average molecular weight is 577 g/mol. The molecule has 0 saturated carbocycles. The quantitative estimate of drug-likeness (QED) is 0.287. The summed E-state index contributed by atoms with van der Waals surface area (Å²) in [5.74, 6) is 0.503. The van der Waals surface area contributed by atoms with Gasteiger partial charge in [0, 0.05) is 32.6 Å². The number of carbonyl (C=O) groups is 3. The van der Waals surface area contributed by atoms with E-state index in [1.807, 2.05) is 42.5 Å². The number of anilines is 1. The predicted molar refractivity (Wildman–Crippen MR) is 152 cm³/mol. The van der Waals surface area contributed by atoms with Gasteiger partial charge in [-0.1, -0.05) is 24.3 Å². The highest BCUT2D eigenvalue weighted by Gasteiger charge is 2.45. The second-order valence-electron chi connectivity index (χ2n) is 10.7. The Bertz CT molecular complexity index is 1630. The van der Waals surface area contributed by atoms with Crippen LogP contribution in [0.5, 0.6) is 5.88 Å². The summed E-state index contributed by atoms with van der Waals surface area (Å²) in [7, 11) is 1.66. The average Bonchev–Trinajstić information content (AvgIpc) is 3.66. The molecular formula is C29H32N6O7. The molecule has 3 aliphatic heterocycles. The van der Waals surface area contributed by atoms with Crippen molar-refractivity contribution in [1.29, 1.82) is 0 Å². The number of amides is 3. The molecule has 3 amide bonds. The predicted octanol–water partition coefficient (Wildman–Crippen LogP) is 1.76. The summed E-state index contributed by atoms with van der Waals surface area (Å²) in [5, 5.41) is 11.6. The number of imidazole rings is 1. The number of carbonyl (C=O) groups excluding carboxylic acids is 2. The van der Waals surface area contributed by atoms with E-state index < -0.39 is 18.0 Å². The molecule has 1 aromatic carbocycles. The Kier molecular flexibility index (Phi) is 7.42. The minimum Gasteiger partial charge on any atom is -0.475 e. The number of piperazine rings is 1. The van der Waals surface area contributed by atoms with Gasteiger partial charge in [-0.25, -0.2) is 9.59 Å². The molecule has 13 heteroatoms. The summed E-state index contributed by atoms with van der Waals surface area (Å²) < 4.78 is 14.4. The van der Waals surface area contributed by atoms with Crippen molar-refractivity contribution in [1.82, 2.24) is 24.3 Å². The third kappa shape index (κ3) is 5.22. The van der Waals surface area contributed by atoms with E-state index in [0.717, 1.165) is 17.8 Å². The molecule has 3 aliphatic rings. The van der Waals surface area contributed by atoms with E-state index in [9.17, 15) is 24.3 Å². The zero-order chi connectivity index (χ0) is 29.4. The van der Waals surface area contributed by atoms with Crippen LogP contribution in [-0.4, -0.2) is 87.0 Å². The number of carboxylic acid groups (broad SMARTS) is 1. The van der Waals surface area contributed by atoms with Crippen molar-refractivity contribution in [2.45, 2.75) is 37.4 Å². The first-order valence-corrected chi connectivity index (χ1v) is 13.9. The lowest BCUT2D eigenvalue weighted by Gasteiger charge is -2.33. The van der Waals surface area contributed by atoms with Crippen LogP contribution in [0.25, 0.3) is 17.1 Å². The molecule has 0 spiro atoms. The van der Waals surface area contributed by atoms with E-state index in [1.54, 1.807) is 13.1 Å². The highest BCUT2D eigenvalue weighted by atomic mass is 16.5. The fraction of sp³-hybridized carbons (Fsp3) is 0.414. The van der Waals surface area contributed by atoms with E-state index in [-0.39, 0.29) is 30.1 Å². The van der Waals surface area contributed by atoms with Crippen molar-refractivity contribution in [2.24, 2.45) is 7.05 Å². The zero-order valence-electron chi connectivity index (χ0n) is 23.1. The SMILES string of the molecule is Cn1c(=O)n(C2CCC(=O)NC2=O)c2ccc(/C=C/COCCOc3cccc(N4C[C@H]5C[C@@H]4CN5C(=O)O)n3)cc21. The van der Waals surface area contributed by atoms with E-state index in [2.05, 4.69) is 15.2 Å². The standard InChI is InChI=1S/C29H32N6O7/c1-32-23-14-18(7-8-21(23)35(28(32)38)22-9-10-25(36)31-27(22)37)4-3-11-41-12-13-42-26-6-2-5-24(30-26)33-16-20-15-19(33)17-34(20)29(39)40/h2-8,14,19-20,22H,9-13,15-17H2,1H3,(H,39,40)(H,31,36,37)/b4-3+/t19-,20-,22?/m1/s1. The number of benzene rings is 1. The number of aryl methyl sites for hydroxylation is 1. The Morgan fingerprint density at radius 2 is 1.98 bits per heavy atom. The van der Waals surface area contributed by atoms with Gasteiger partial charge in [0.15, 0.2) is 0 Å². The topological polar surface area (TPSA) is 148 Å². The molecule has 3 aromatic rings. The molecule has 6 rings (SSSR count). The van der Waals surface area contributed by atoms with E-state index in [4.69, 9.17) is 9.47 Å². The number of imide groups is 1. The van der Waals surface area contributed by atoms with Crippen molar-refractivity contribution >= 4 is 40.8 Å². The lowest BCUT2D eigenvalue weighted by molar-refractivity contribution is -0.135. The van der Waals surface area contributed by atoms with Crippen LogP contribution in [-0.2, 0) is 21.4 Å². The molecule has 3 atom stereocenters. The van der Waals surface area contributed by atoms with Crippen LogP contribution in [0.3, 0.4) is 0 Å². The number of aromatic nitrogens is 3. The van der Waals surface area contributed by atoms with Gasteiger partial charge in [-0.05, 0) is 36.6 Å². The van der Waals surface area contributed by atoms with Crippen LogP contribution >= 0.6 is 0 Å². The largest absolute Gasteiger partial charge is 0.475 e. The summed E-state index contributed by atoms with van der Waals surface area (Å²) in [6.45, 7) is 2.18. The summed E-state index contributed by atoms with van der Waals surface area (Å²) >= 11 is 0. The molecule has 0 aliphatic carbocycles. The van der Waals surface area contributed by atoms with Crippen molar-refractivity contribution in [3.8, 4) is 5.88 Å². The number of likely N-dealkylation sites (tertiary alicyclic amines) is 1. The number of hydrogen-bond acceptors (Lipinski definition) is 8. The van der Waals surface area contributed by atoms with Gasteiger partial charge in [-0.15, -0.1) is 0 Å². The Balaban J connectivity index is 0.989. The van der Waals surface area contributed by atoms with Gasteiger partial charge in [0.25, 0.3) is 0 Å². The van der Waals surface area contributed by atoms with Gasteiger partial charge in [0.2, 0.25) is 17.7 Å². The fourth-order valence-corrected chi connectivity index (χ4v) is 6.08. The summed E-state index contributed by atoms with van der Waals surface area (Å²) in [5.41, 5.74) is 1.90. The van der Waals surface area contributed by atoms with Crippen molar-refractivity contribution in [3.05, 3.63) is 58.5 Å². The number of nitrogens with zero attached hydrogens (tertiary/aromatic N) is 5. The number of pyridine rings is 1. The molecule has 0 radical (unpaired) electrons. The Hall–Kier alpha value is -4.65. The van der Waals surface area contributed by atoms with Gasteiger partial charge in [0.05, 0.1) is 36.3 Å². The molecule has 13 nitrogen and oxygen atoms in total. The number of fused-ring (bicyclic) bond motifs is 3. The maximum Gasteiger partial charge on any atom is 0.407 e. The van der Waals surface area contributed by atoms with Gasteiger partial charge in [-0.3, -0.25) is 24.0 Å². The molecular weight excluding hydrogens is 544 g/mol. The molecule has 2 N–H and O–H groups in total. The van der Waals surface area contributed by atoms with Crippen LogP contribution in [0.15, 0.2) is 47.3 Å². The van der Waals surface area contributed by atoms with Crippen LogP contribution in [0, 0.1) is 0 Å². The molecule has 3 fully saturated rings. The Labute approximate surface area is 240 Å². The highest BCUT2D eigenvalue weighted by Crippen LogP contribution is 2.34. The second-order valence-corrected chi connectivity index (χ2v) is 10.7. The zero-order valence-corrected chi connectivity index (χ0v) is 23.1. The maximum atomic E-state index is 12.9. The minimum absolute atomic E-state index is 0.00746. The first-order valence-electron chi connectivity index (χ1n) is 13.9. The lowest BCUT2D eigenvalue weighted by atomic mass is 10.1. The van der Waals surface area contributed by atoms with Gasteiger partial charge in [0.1, 0.15) is 18.5 Å². The Morgan fingerprint density at radius 1 is 1.12 bits per heavy atom. The van der Waals surface area contributed by atoms with E-state index >= 15 is 0 Å². The summed E-state index contributed by atoms with van der Waals surface area (Å²) in [4.78, 5) is 56.4. The summed E-state index contributed by atoms with van der Waals surface area (Å²) in [6, 6.07) is 10.6. The van der Waals surface area contributed by atoms with Gasteiger partial charge >= 0.3 is 11.8 Å². The molecule has 1 unspecified atom stereocenters. The summed E-state index contributed by atoms with van der Waals surface area (Å²) in [6.07, 6.45) is 4.22. The van der Waals surface area contributed by atoms with Crippen molar-refractivity contribution < 1.29 is 29.0 Å². The van der Waals surface area contributed by atoms with Crippen molar-refractivity contribution in [2.75, 3.05) is 37.8 Å². The van der Waals surface area contributed by atoms with Crippen LogP contribution in [0.2, 0.25) is 0 Å². The first-order chi connectivity index (χ1) is 20.3. The number of hydrogen-bond donors (Lipinski definition) is 2. The number of piperidine rings is 1. The monoisotopic (exact) mass is 576 g/mol. The molecule has 2 aromatic heterocycles. The van der Waals surface area contributed by atoms with Crippen LogP contribution < -0.4 is 20.6 Å². The van der Waals surface area contributed by atoms with Crippen LogP contribution in [0.4, 0.5) is 10.6 Å². The fourth-order valence-electron chi connectivity index (χ4n) is 6.08. The molecule has 5 heterocycles. The second kappa shape index (κ2) is 11.3. The molecule has 2 bridgehead atoms. The smallest absolute Gasteiger partial charge is 0.407 e. The maximum absolute atomic E-state index is 12.9. The van der Waals surface area contributed by atoms with Gasteiger partial charge < -0.3 is 24.4 Å². The lowest BCUT2D eigenvalue weighted by Crippen LogP contribution is -2.48. The Morgan fingerprint density at radius 3 is 2.74 bits per heavy atom. The number of rotatable bonds is 9. The van der Waals surface area contributed by atoms with Crippen LogP contribution in [0.1, 0.15) is 30.9 Å².